The van der Waals surface area contributed by atoms with Crippen LogP contribution >= 0.6 is 0 Å². The SMILES string of the molecule is C[C@@H](Nc1ncnc2c1cc(C1=CCN(C)CC1)c(=O)n2C)c1cc([N+](=O)[O-])cc(C(F)(F)F)c1. The molecule has 4 rings (SSSR count). The van der Waals surface area contributed by atoms with Crippen LogP contribution in [0.4, 0.5) is 24.7 Å². The molecule has 0 saturated heterocycles. The number of halogens is 3. The Balaban J connectivity index is 1.78. The number of aromatic nitrogens is 3. The number of hydrogen-bond acceptors (Lipinski definition) is 7. The number of aryl methyl sites for hydroxylation is 1. The van der Waals surface area contributed by atoms with E-state index in [1.807, 2.05) is 13.1 Å². The van der Waals surface area contributed by atoms with Gasteiger partial charge in [0.15, 0.2) is 0 Å². The molecular formula is C23H23F3N6O3. The highest BCUT2D eigenvalue weighted by Crippen LogP contribution is 2.35. The molecule has 0 fully saturated rings. The van der Waals surface area contributed by atoms with Crippen LogP contribution in [0.1, 0.15) is 36.1 Å². The molecule has 0 spiro atoms. The zero-order valence-corrected chi connectivity index (χ0v) is 19.3. The Morgan fingerprint density at radius 1 is 1.17 bits per heavy atom. The van der Waals surface area contributed by atoms with Gasteiger partial charge in [-0.05, 0) is 43.7 Å². The van der Waals surface area contributed by atoms with Gasteiger partial charge in [0.1, 0.15) is 17.8 Å². The third-order valence-corrected chi connectivity index (χ3v) is 6.09. The minimum atomic E-state index is -4.74. The fraction of sp³-hybridized carbons (Fsp3) is 0.348. The van der Waals surface area contributed by atoms with E-state index in [4.69, 9.17) is 0 Å². The van der Waals surface area contributed by atoms with Crippen LogP contribution in [-0.2, 0) is 13.2 Å². The van der Waals surface area contributed by atoms with E-state index in [2.05, 4.69) is 20.2 Å². The fourth-order valence-electron chi connectivity index (χ4n) is 4.07. The number of benzene rings is 1. The Morgan fingerprint density at radius 3 is 2.54 bits per heavy atom. The van der Waals surface area contributed by atoms with Crippen LogP contribution in [0.15, 0.2) is 41.5 Å². The van der Waals surface area contributed by atoms with Crippen molar-refractivity contribution in [1.82, 2.24) is 19.4 Å². The standard InChI is InChI=1S/C23H23F3N6O3/c1-13(15-8-16(23(24,25)26)10-17(9-15)32(34)35)29-20-19-11-18(14-4-6-30(2)7-5-14)22(33)31(3)21(19)28-12-27-20/h4,8-13H,5-7H2,1-3H3,(H,27,28,29)/t13-/m1/s1. The number of hydrogen-bond donors (Lipinski definition) is 1. The van der Waals surface area contributed by atoms with E-state index < -0.39 is 28.4 Å². The highest BCUT2D eigenvalue weighted by atomic mass is 19.4. The van der Waals surface area contributed by atoms with Crippen LogP contribution < -0.4 is 10.9 Å². The van der Waals surface area contributed by atoms with E-state index in [0.717, 1.165) is 24.3 Å². The van der Waals surface area contributed by atoms with Crippen LogP contribution in [0, 0.1) is 10.1 Å². The Morgan fingerprint density at radius 2 is 1.91 bits per heavy atom. The number of alkyl halides is 3. The first-order valence-corrected chi connectivity index (χ1v) is 10.8. The molecule has 1 atom stereocenters. The quantitative estimate of drug-likeness (QED) is 0.425. The molecule has 1 aliphatic rings. The molecule has 0 amide bonds. The maximum atomic E-state index is 13.3. The van der Waals surface area contributed by atoms with Crippen molar-refractivity contribution in [3.8, 4) is 0 Å². The van der Waals surface area contributed by atoms with Crippen LogP contribution in [0.2, 0.25) is 0 Å². The molecule has 0 unspecified atom stereocenters. The molecule has 35 heavy (non-hydrogen) atoms. The summed E-state index contributed by atoms with van der Waals surface area (Å²) in [5, 5.41) is 14.8. The van der Waals surface area contributed by atoms with E-state index in [-0.39, 0.29) is 11.1 Å². The normalized spacial score (nSPS) is 15.7. The second-order valence-electron chi connectivity index (χ2n) is 8.56. The largest absolute Gasteiger partial charge is 0.416 e. The van der Waals surface area contributed by atoms with Crippen molar-refractivity contribution in [2.75, 3.05) is 25.5 Å². The molecular weight excluding hydrogens is 465 g/mol. The molecule has 0 bridgehead atoms. The summed E-state index contributed by atoms with van der Waals surface area (Å²) < 4.78 is 41.4. The number of rotatable bonds is 5. The van der Waals surface area contributed by atoms with Crippen LogP contribution in [0.3, 0.4) is 0 Å². The van der Waals surface area contributed by atoms with Crippen molar-refractivity contribution in [3.63, 3.8) is 0 Å². The van der Waals surface area contributed by atoms with Gasteiger partial charge in [-0.3, -0.25) is 19.5 Å². The van der Waals surface area contributed by atoms with Gasteiger partial charge < -0.3 is 10.2 Å². The second-order valence-corrected chi connectivity index (χ2v) is 8.56. The molecule has 0 saturated carbocycles. The predicted octanol–water partition coefficient (Wildman–Crippen LogP) is 4.15. The summed E-state index contributed by atoms with van der Waals surface area (Å²) in [6.45, 7) is 3.09. The third-order valence-electron chi connectivity index (χ3n) is 6.09. The molecule has 1 N–H and O–H groups in total. The highest BCUT2D eigenvalue weighted by molar-refractivity contribution is 5.89. The predicted molar refractivity (Wildman–Crippen MR) is 125 cm³/mol. The van der Waals surface area contributed by atoms with Crippen LogP contribution in [0.25, 0.3) is 16.6 Å². The average Bonchev–Trinajstić information content (AvgIpc) is 2.81. The van der Waals surface area contributed by atoms with Gasteiger partial charge in [0, 0.05) is 37.8 Å². The number of likely N-dealkylation sites (N-methyl/N-ethyl adjacent to an activating group) is 1. The first kappa shape index (κ1) is 24.3. The van der Waals surface area contributed by atoms with Gasteiger partial charge in [-0.15, -0.1) is 0 Å². The molecule has 1 aromatic carbocycles. The number of anilines is 1. The van der Waals surface area contributed by atoms with Crippen LogP contribution in [0.5, 0.6) is 0 Å². The van der Waals surface area contributed by atoms with E-state index in [1.165, 1.54) is 10.9 Å². The summed E-state index contributed by atoms with van der Waals surface area (Å²) >= 11 is 0. The number of nitrogens with zero attached hydrogens (tertiary/aromatic N) is 5. The Labute approximate surface area is 198 Å². The smallest absolute Gasteiger partial charge is 0.363 e. The lowest BCUT2D eigenvalue weighted by molar-refractivity contribution is -0.385. The Hall–Kier alpha value is -3.80. The highest BCUT2D eigenvalue weighted by Gasteiger charge is 2.33. The van der Waals surface area contributed by atoms with Gasteiger partial charge in [0.2, 0.25) is 0 Å². The summed E-state index contributed by atoms with van der Waals surface area (Å²) in [5.74, 6) is 0.299. The van der Waals surface area contributed by atoms with Gasteiger partial charge >= 0.3 is 6.18 Å². The molecule has 184 valence electrons. The van der Waals surface area contributed by atoms with Gasteiger partial charge in [0.05, 0.1) is 21.9 Å². The Kier molecular flexibility index (Phi) is 6.32. The fourth-order valence-corrected chi connectivity index (χ4v) is 4.07. The van der Waals surface area contributed by atoms with E-state index in [1.54, 1.807) is 20.0 Å². The molecule has 3 heterocycles. The molecule has 0 radical (unpaired) electrons. The van der Waals surface area contributed by atoms with Crippen molar-refractivity contribution in [2.24, 2.45) is 7.05 Å². The lowest BCUT2D eigenvalue weighted by Crippen LogP contribution is -2.27. The molecule has 1 aliphatic heterocycles. The summed E-state index contributed by atoms with van der Waals surface area (Å²) in [4.78, 5) is 34.0. The monoisotopic (exact) mass is 488 g/mol. The van der Waals surface area contributed by atoms with Gasteiger partial charge in [-0.25, -0.2) is 9.97 Å². The second kappa shape index (κ2) is 9.10. The van der Waals surface area contributed by atoms with E-state index in [9.17, 15) is 28.1 Å². The molecule has 12 heteroatoms. The van der Waals surface area contributed by atoms with Gasteiger partial charge in [-0.2, -0.15) is 13.2 Å². The van der Waals surface area contributed by atoms with Crippen molar-refractivity contribution in [1.29, 1.82) is 0 Å². The van der Waals surface area contributed by atoms with Crippen molar-refractivity contribution < 1.29 is 18.1 Å². The summed E-state index contributed by atoms with van der Waals surface area (Å²) in [7, 11) is 3.58. The minimum absolute atomic E-state index is 0.0707. The third kappa shape index (κ3) is 4.87. The molecule has 9 nitrogen and oxygen atoms in total. The molecule has 2 aromatic heterocycles. The zero-order valence-electron chi connectivity index (χ0n) is 19.3. The van der Waals surface area contributed by atoms with Crippen LogP contribution in [-0.4, -0.2) is 44.5 Å². The molecule has 0 aliphatic carbocycles. The topological polar surface area (TPSA) is 106 Å². The van der Waals surface area contributed by atoms with Gasteiger partial charge in [0.25, 0.3) is 11.2 Å². The van der Waals surface area contributed by atoms with E-state index >= 15 is 0 Å². The van der Waals surface area contributed by atoms with E-state index in [0.29, 0.717) is 41.4 Å². The number of pyridine rings is 1. The summed E-state index contributed by atoms with van der Waals surface area (Å²) in [6, 6.07) is 3.41. The minimum Gasteiger partial charge on any atom is -0.363 e. The number of nitro benzene ring substituents is 1. The Bertz CT molecular complexity index is 1400. The molecule has 3 aromatic rings. The van der Waals surface area contributed by atoms with Crippen molar-refractivity contribution >= 4 is 28.1 Å². The van der Waals surface area contributed by atoms with Crippen molar-refractivity contribution in [2.45, 2.75) is 25.6 Å². The average molecular weight is 488 g/mol. The maximum Gasteiger partial charge on any atom is 0.416 e. The summed E-state index contributed by atoms with van der Waals surface area (Å²) in [5.41, 5.74) is -0.139. The number of nitrogens with one attached hydrogen (secondary N) is 1. The van der Waals surface area contributed by atoms with Gasteiger partial charge in [-0.1, -0.05) is 6.08 Å². The summed E-state index contributed by atoms with van der Waals surface area (Å²) in [6.07, 6.45) is -0.803. The lowest BCUT2D eigenvalue weighted by atomic mass is 9.99. The zero-order chi connectivity index (χ0) is 25.5. The van der Waals surface area contributed by atoms with Crippen molar-refractivity contribution in [3.05, 3.63) is 73.8 Å². The maximum absolute atomic E-state index is 13.3. The number of non-ortho nitro benzene ring substituents is 1. The number of fused-ring (bicyclic) bond motifs is 1. The first-order valence-electron chi connectivity index (χ1n) is 10.8. The lowest BCUT2D eigenvalue weighted by Gasteiger charge is -2.22. The first-order chi connectivity index (χ1) is 16.5. The number of nitro groups is 1.